The maximum atomic E-state index is 12.0. The number of aliphatic imine (C=N–C) groups is 1. The van der Waals surface area contributed by atoms with E-state index in [1.54, 1.807) is 28.9 Å². The van der Waals surface area contributed by atoms with Gasteiger partial charge in [0, 0.05) is 23.2 Å². The molecule has 2 aromatic heterocycles. The molecule has 7 heteroatoms. The van der Waals surface area contributed by atoms with Crippen LogP contribution in [0.15, 0.2) is 41.5 Å². The molecule has 0 spiro atoms. The third-order valence-corrected chi connectivity index (χ3v) is 4.00. The molecule has 0 amide bonds. The summed E-state index contributed by atoms with van der Waals surface area (Å²) in [6.45, 7) is 7.53. The Labute approximate surface area is 137 Å². The molecule has 0 radical (unpaired) electrons. The Morgan fingerprint density at radius 3 is 2.92 bits per heavy atom. The van der Waals surface area contributed by atoms with Crippen molar-refractivity contribution in [1.82, 2.24) is 14.6 Å². The van der Waals surface area contributed by atoms with Crippen LogP contribution in [0.4, 0.5) is 5.82 Å². The minimum absolute atomic E-state index is 0.0136. The molecule has 116 valence electrons. The number of Topliss-reactive ketones (excluding diaryl/α,β-unsaturated/α-hetero) is 1. The van der Waals surface area contributed by atoms with Crippen LogP contribution >= 0.6 is 0 Å². The van der Waals surface area contributed by atoms with Crippen LogP contribution < -0.4 is 5.73 Å². The molecule has 0 atom stereocenters. The number of hydrogen-bond donors (Lipinski definition) is 1. The zero-order chi connectivity index (χ0) is 16.7. The monoisotopic (exact) mass is 316 g/mol. The molecule has 0 saturated carbocycles. The van der Waals surface area contributed by atoms with Gasteiger partial charge in [-0.1, -0.05) is 12.6 Å². The number of nitrogens with zero attached hydrogens (tertiary/aromatic N) is 5. The Kier molecular flexibility index (Phi) is 3.18. The lowest BCUT2D eigenvalue weighted by molar-refractivity contribution is 0.1000. The van der Waals surface area contributed by atoms with Crippen molar-refractivity contribution in [1.29, 1.82) is 0 Å². The minimum atomic E-state index is -0.0136. The number of nitrogens with two attached hydrogens (primary N) is 1. The van der Waals surface area contributed by atoms with E-state index in [4.69, 9.17) is 12.3 Å². The number of fused-ring (bicyclic) bond motifs is 2. The van der Waals surface area contributed by atoms with E-state index in [9.17, 15) is 4.79 Å². The first-order valence-corrected chi connectivity index (χ1v) is 7.35. The van der Waals surface area contributed by atoms with Gasteiger partial charge in [-0.25, -0.2) is 4.98 Å². The molecule has 0 saturated heterocycles. The first-order chi connectivity index (χ1) is 11.7. The lowest BCUT2D eigenvalue weighted by atomic mass is 9.94. The van der Waals surface area contributed by atoms with Crippen LogP contribution in [0.3, 0.4) is 0 Å². The molecule has 1 aliphatic heterocycles. The highest BCUT2D eigenvalue weighted by molar-refractivity contribution is 6.16. The molecule has 0 bridgehead atoms. The fourth-order valence-electron chi connectivity index (χ4n) is 2.82. The molecular formula is C17H12N6O. The summed E-state index contributed by atoms with van der Waals surface area (Å²) in [4.78, 5) is 23.9. The van der Waals surface area contributed by atoms with Crippen LogP contribution in [0, 0.1) is 6.57 Å². The molecule has 0 unspecified atom stereocenters. The van der Waals surface area contributed by atoms with E-state index in [1.807, 2.05) is 12.1 Å². The third kappa shape index (κ3) is 2.09. The van der Waals surface area contributed by atoms with Crippen LogP contribution in [-0.4, -0.2) is 39.2 Å². The van der Waals surface area contributed by atoms with E-state index >= 15 is 0 Å². The average Bonchev–Trinajstić information content (AvgIpc) is 3.04. The molecule has 0 aliphatic carbocycles. The first kappa shape index (κ1) is 14.2. The van der Waals surface area contributed by atoms with E-state index in [-0.39, 0.29) is 18.9 Å². The van der Waals surface area contributed by atoms with Crippen molar-refractivity contribution in [2.24, 2.45) is 10.7 Å². The maximum Gasteiger partial charge on any atom is 0.294 e. The van der Waals surface area contributed by atoms with Crippen LogP contribution in [-0.2, 0) is 0 Å². The predicted molar refractivity (Wildman–Crippen MR) is 89.5 cm³/mol. The quantitative estimate of drug-likeness (QED) is 0.731. The second kappa shape index (κ2) is 5.37. The van der Waals surface area contributed by atoms with Gasteiger partial charge in [-0.3, -0.25) is 9.79 Å². The smallest absolute Gasteiger partial charge is 0.294 e. The lowest BCUT2D eigenvalue weighted by Crippen LogP contribution is -2.25. The Morgan fingerprint density at radius 2 is 2.12 bits per heavy atom. The summed E-state index contributed by atoms with van der Waals surface area (Å²) in [5.74, 6) is 0.277. The van der Waals surface area contributed by atoms with E-state index in [1.165, 1.54) is 0 Å². The molecule has 1 aliphatic rings. The highest BCUT2D eigenvalue weighted by Gasteiger charge is 2.21. The van der Waals surface area contributed by atoms with Gasteiger partial charge in [-0.05, 0) is 29.4 Å². The second-order valence-corrected chi connectivity index (χ2v) is 5.37. The number of carbonyl (C=O) groups is 1. The molecule has 2 N–H and O–H groups in total. The number of benzene rings is 1. The van der Waals surface area contributed by atoms with Crippen molar-refractivity contribution >= 4 is 23.0 Å². The van der Waals surface area contributed by atoms with Gasteiger partial charge < -0.3 is 10.6 Å². The summed E-state index contributed by atoms with van der Waals surface area (Å²) in [7, 11) is 0. The molecular weight excluding hydrogens is 304 g/mol. The van der Waals surface area contributed by atoms with Gasteiger partial charge in [0.2, 0.25) is 0 Å². The summed E-state index contributed by atoms with van der Waals surface area (Å²) < 4.78 is 1.62. The van der Waals surface area contributed by atoms with Gasteiger partial charge in [0.1, 0.15) is 12.2 Å². The normalized spacial score (nSPS) is 13.5. The molecule has 1 aromatic carbocycles. The number of carbonyl (C=O) groups excluding carboxylic acids is 1. The molecule has 3 aromatic rings. The van der Waals surface area contributed by atoms with Gasteiger partial charge in [-0.15, -0.1) is 4.52 Å². The first-order valence-electron chi connectivity index (χ1n) is 7.35. The zero-order valence-electron chi connectivity index (χ0n) is 12.6. The third-order valence-electron chi connectivity index (χ3n) is 4.00. The number of hydrogen-bond acceptors (Lipinski definition) is 5. The summed E-state index contributed by atoms with van der Waals surface area (Å²) in [5.41, 5.74) is 10.1. The highest BCUT2D eigenvalue weighted by atomic mass is 16.1. The second-order valence-electron chi connectivity index (χ2n) is 5.37. The topological polar surface area (TPSA) is 90.0 Å². The average molecular weight is 316 g/mol. The molecule has 3 heterocycles. The number of ketones is 1. The Balaban J connectivity index is 1.92. The highest BCUT2D eigenvalue weighted by Crippen LogP contribution is 2.26. The van der Waals surface area contributed by atoms with Crippen LogP contribution in [0.5, 0.6) is 0 Å². The molecule has 0 fully saturated rings. The standard InChI is InChI=1S/C17H12N6O/c1-19-16-4-5-17-21-8-14(23(17)22-16)10-2-3-11-12(6-10)13(7-18)20-9-15(11)24/h2-6,8H,7,9,18H2. The fraction of sp³-hybridized carbons (Fsp3) is 0.118. The number of imidazole rings is 1. The molecule has 4 rings (SSSR count). The maximum absolute atomic E-state index is 12.0. The number of rotatable bonds is 2. The van der Waals surface area contributed by atoms with E-state index < -0.39 is 0 Å². The summed E-state index contributed by atoms with van der Waals surface area (Å²) in [6, 6.07) is 8.90. The van der Waals surface area contributed by atoms with E-state index in [0.717, 1.165) is 22.5 Å². The largest absolute Gasteiger partial charge is 0.359 e. The Morgan fingerprint density at radius 1 is 1.25 bits per heavy atom. The van der Waals surface area contributed by atoms with Crippen molar-refractivity contribution in [3.63, 3.8) is 0 Å². The van der Waals surface area contributed by atoms with Crippen LogP contribution in [0.2, 0.25) is 0 Å². The summed E-state index contributed by atoms with van der Waals surface area (Å²) in [6.07, 6.45) is 1.70. The summed E-state index contributed by atoms with van der Waals surface area (Å²) in [5, 5.41) is 4.27. The van der Waals surface area contributed by atoms with E-state index in [0.29, 0.717) is 17.0 Å². The molecule has 24 heavy (non-hydrogen) atoms. The van der Waals surface area contributed by atoms with Crippen molar-refractivity contribution in [3.05, 3.63) is 59.1 Å². The summed E-state index contributed by atoms with van der Waals surface area (Å²) >= 11 is 0. The van der Waals surface area contributed by atoms with Crippen molar-refractivity contribution in [2.75, 3.05) is 13.1 Å². The molecule has 7 nitrogen and oxygen atoms in total. The van der Waals surface area contributed by atoms with Gasteiger partial charge in [0.15, 0.2) is 11.4 Å². The van der Waals surface area contributed by atoms with Crippen LogP contribution in [0.25, 0.3) is 21.7 Å². The van der Waals surface area contributed by atoms with Gasteiger partial charge >= 0.3 is 0 Å². The Bertz CT molecular complexity index is 1060. The van der Waals surface area contributed by atoms with Crippen molar-refractivity contribution in [3.8, 4) is 11.3 Å². The lowest BCUT2D eigenvalue weighted by Gasteiger charge is -2.15. The van der Waals surface area contributed by atoms with Gasteiger partial charge in [0.25, 0.3) is 5.82 Å². The van der Waals surface area contributed by atoms with Crippen molar-refractivity contribution in [2.45, 2.75) is 0 Å². The Hall–Kier alpha value is -3.37. The zero-order valence-corrected chi connectivity index (χ0v) is 12.6. The van der Waals surface area contributed by atoms with Crippen molar-refractivity contribution < 1.29 is 4.79 Å². The van der Waals surface area contributed by atoms with E-state index in [2.05, 4.69) is 19.9 Å². The predicted octanol–water partition coefficient (Wildman–Crippen LogP) is 1.89. The minimum Gasteiger partial charge on any atom is -0.359 e. The fourth-order valence-corrected chi connectivity index (χ4v) is 2.82. The van der Waals surface area contributed by atoms with Gasteiger partial charge in [0.05, 0.1) is 11.9 Å². The SMILES string of the molecule is [C-]#[N+]c1ccc2ncc(-c3ccc4c(c3)C(CN)=NCC4=O)n2n1. The number of aromatic nitrogens is 3. The van der Waals surface area contributed by atoms with Gasteiger partial charge in [-0.2, -0.15) is 0 Å². The van der Waals surface area contributed by atoms with Crippen LogP contribution in [0.1, 0.15) is 15.9 Å².